The molecule has 1 aliphatic carbocycles. The van der Waals surface area contributed by atoms with Crippen molar-refractivity contribution in [3.8, 4) is 0 Å². The van der Waals surface area contributed by atoms with Gasteiger partial charge in [0.1, 0.15) is 0 Å². The molecule has 4 bridgehead atoms. The summed E-state index contributed by atoms with van der Waals surface area (Å²) in [6, 6.07) is 0.903. The van der Waals surface area contributed by atoms with Crippen molar-refractivity contribution in [2.75, 3.05) is 26.2 Å². The molecule has 0 aromatic carbocycles. The molecular weight excluding hydrogens is 268 g/mol. The van der Waals surface area contributed by atoms with E-state index in [4.69, 9.17) is 0 Å². The molecule has 1 saturated carbocycles. The number of piperidine rings is 5. The summed E-state index contributed by atoms with van der Waals surface area (Å²) in [5.74, 6) is 2.15. The Balaban J connectivity index is 0. The summed E-state index contributed by atoms with van der Waals surface area (Å²) in [5.41, 5.74) is 0. The molecule has 0 radical (unpaired) electrons. The molecule has 0 unspecified atom stereocenters. The lowest BCUT2D eigenvalue weighted by Crippen LogP contribution is -2.44. The first kappa shape index (κ1) is 24.2. The van der Waals surface area contributed by atoms with Crippen molar-refractivity contribution in [1.29, 1.82) is 0 Å². The summed E-state index contributed by atoms with van der Waals surface area (Å²) in [4.78, 5) is 2.58. The van der Waals surface area contributed by atoms with Crippen LogP contribution < -0.4 is 5.32 Å². The van der Waals surface area contributed by atoms with E-state index in [1.807, 2.05) is 27.7 Å². The topological polar surface area (TPSA) is 15.3 Å². The molecule has 5 heterocycles. The Kier molecular flexibility index (Phi) is 15.9. The number of nitrogens with one attached hydrogen (secondary N) is 1. The third-order valence-corrected chi connectivity index (χ3v) is 5.10. The van der Waals surface area contributed by atoms with Gasteiger partial charge in [-0.3, -0.25) is 0 Å². The van der Waals surface area contributed by atoms with Crippen LogP contribution >= 0.6 is 0 Å². The van der Waals surface area contributed by atoms with Gasteiger partial charge in [-0.05, 0) is 83.0 Å². The van der Waals surface area contributed by atoms with Gasteiger partial charge in [-0.2, -0.15) is 0 Å². The molecule has 0 amide bonds. The van der Waals surface area contributed by atoms with E-state index >= 15 is 0 Å². The summed E-state index contributed by atoms with van der Waals surface area (Å²) in [5, 5.41) is 3.52. The molecule has 136 valence electrons. The second kappa shape index (κ2) is 14.5. The molecule has 6 fully saturated rings. The lowest BCUT2D eigenvalue weighted by Gasteiger charge is -2.38. The lowest BCUT2D eigenvalue weighted by molar-refractivity contribution is 0.111. The monoisotopic (exact) mass is 314 g/mol. The van der Waals surface area contributed by atoms with Gasteiger partial charge < -0.3 is 10.2 Å². The minimum absolute atomic E-state index is 0. The summed E-state index contributed by atoms with van der Waals surface area (Å²) >= 11 is 0. The average Bonchev–Trinajstić information content (AvgIpc) is 2.62. The van der Waals surface area contributed by atoms with Gasteiger partial charge in [-0.1, -0.05) is 42.5 Å². The minimum Gasteiger partial charge on any atom is -0.314 e. The van der Waals surface area contributed by atoms with Gasteiger partial charge in [0.05, 0.1) is 0 Å². The number of hydrogen-bond acceptors (Lipinski definition) is 2. The van der Waals surface area contributed by atoms with Gasteiger partial charge in [-0.15, -0.1) is 0 Å². The number of fused-ring (bicyclic) bond motifs is 6. The van der Waals surface area contributed by atoms with Crippen molar-refractivity contribution in [1.82, 2.24) is 10.2 Å². The largest absolute Gasteiger partial charge is 0.314 e. The third kappa shape index (κ3) is 7.97. The number of rotatable bonds is 0. The lowest BCUT2D eigenvalue weighted by atomic mass is 9.82. The molecule has 2 nitrogen and oxygen atoms in total. The quantitative estimate of drug-likeness (QED) is 0.628. The van der Waals surface area contributed by atoms with E-state index in [2.05, 4.69) is 10.2 Å². The summed E-state index contributed by atoms with van der Waals surface area (Å²) in [6.07, 6.45) is 10.4. The van der Waals surface area contributed by atoms with E-state index in [9.17, 15) is 0 Å². The van der Waals surface area contributed by atoms with Crippen LogP contribution in [0.25, 0.3) is 0 Å². The highest BCUT2D eigenvalue weighted by Crippen LogP contribution is 2.28. The molecule has 22 heavy (non-hydrogen) atoms. The number of nitrogens with zero attached hydrogens (tertiary/aromatic N) is 1. The van der Waals surface area contributed by atoms with E-state index in [1.165, 1.54) is 71.1 Å². The molecule has 6 rings (SSSR count). The van der Waals surface area contributed by atoms with E-state index < -0.39 is 0 Å². The second-order valence-electron chi connectivity index (χ2n) is 6.20. The Labute approximate surface area is 142 Å². The van der Waals surface area contributed by atoms with Crippen molar-refractivity contribution in [3.05, 3.63) is 0 Å². The van der Waals surface area contributed by atoms with Crippen LogP contribution in [0.15, 0.2) is 0 Å². The van der Waals surface area contributed by atoms with Crippen LogP contribution in [-0.2, 0) is 0 Å². The Hall–Kier alpha value is -0.0800. The maximum atomic E-state index is 3.52. The SMILES string of the molecule is C.C.C1CC2CCC1CN2.C1CN2CCC1CC2.CC.CC. The van der Waals surface area contributed by atoms with Crippen LogP contribution in [0.2, 0.25) is 0 Å². The Morgan fingerprint density at radius 1 is 0.636 bits per heavy atom. The molecule has 1 N–H and O–H groups in total. The van der Waals surface area contributed by atoms with E-state index in [0.29, 0.717) is 0 Å². The maximum absolute atomic E-state index is 3.52. The Morgan fingerprint density at radius 2 is 1.09 bits per heavy atom. The van der Waals surface area contributed by atoms with Crippen LogP contribution in [0.5, 0.6) is 0 Å². The van der Waals surface area contributed by atoms with Gasteiger partial charge >= 0.3 is 0 Å². The van der Waals surface area contributed by atoms with E-state index in [-0.39, 0.29) is 14.9 Å². The van der Waals surface area contributed by atoms with Crippen LogP contribution in [-0.4, -0.2) is 37.1 Å². The fraction of sp³-hybridized carbons (Fsp3) is 1.00. The van der Waals surface area contributed by atoms with Crippen LogP contribution in [0, 0.1) is 11.8 Å². The molecule has 0 aromatic rings. The van der Waals surface area contributed by atoms with Crippen LogP contribution in [0.3, 0.4) is 0 Å². The van der Waals surface area contributed by atoms with Gasteiger partial charge in [-0.25, -0.2) is 0 Å². The first-order valence-electron chi connectivity index (χ1n) is 9.36. The molecule has 5 aliphatic heterocycles. The molecule has 5 saturated heterocycles. The molecule has 0 spiro atoms. The second-order valence-corrected chi connectivity index (χ2v) is 6.20. The van der Waals surface area contributed by atoms with Crippen molar-refractivity contribution >= 4 is 0 Å². The minimum atomic E-state index is 0. The Bertz CT molecular complexity index is 144. The molecular formula is C20H46N2. The van der Waals surface area contributed by atoms with Gasteiger partial charge in [0.15, 0.2) is 0 Å². The van der Waals surface area contributed by atoms with Crippen molar-refractivity contribution < 1.29 is 0 Å². The zero-order chi connectivity index (χ0) is 14.8. The van der Waals surface area contributed by atoms with E-state index in [0.717, 1.165) is 17.9 Å². The highest BCUT2D eigenvalue weighted by Gasteiger charge is 2.26. The maximum Gasteiger partial charge on any atom is 0.00673 e. The van der Waals surface area contributed by atoms with Crippen molar-refractivity contribution in [2.45, 2.75) is 93.5 Å². The first-order chi connectivity index (χ1) is 9.90. The zero-order valence-corrected chi connectivity index (χ0v) is 14.5. The molecule has 6 aliphatic rings. The van der Waals surface area contributed by atoms with Crippen LogP contribution in [0.1, 0.15) is 87.5 Å². The summed E-state index contributed by atoms with van der Waals surface area (Å²) < 4.78 is 0. The predicted octanol–water partition coefficient (Wildman–Crippen LogP) is 5.58. The highest BCUT2D eigenvalue weighted by molar-refractivity contribution is 4.84. The number of hydrogen-bond donors (Lipinski definition) is 1. The van der Waals surface area contributed by atoms with Gasteiger partial charge in [0, 0.05) is 6.04 Å². The normalized spacial score (nSPS) is 33.3. The summed E-state index contributed by atoms with van der Waals surface area (Å²) in [6.45, 7) is 13.5. The smallest absolute Gasteiger partial charge is 0.00673 e. The van der Waals surface area contributed by atoms with Gasteiger partial charge in [0.25, 0.3) is 0 Å². The Morgan fingerprint density at radius 3 is 1.18 bits per heavy atom. The fourth-order valence-electron chi connectivity index (χ4n) is 3.77. The standard InChI is InChI=1S/2C7H13N.2C2H6.2CH4/c1-4-8-5-2-7(1)3-6-8;1-3-7-4-2-6(1)5-8-7;2*1-2;;/h7H,1-6H2;6-8H,1-5H2;2*1-2H3;2*1H4. The van der Waals surface area contributed by atoms with Gasteiger partial charge in [0.2, 0.25) is 0 Å². The zero-order valence-electron chi connectivity index (χ0n) is 14.5. The molecule has 0 aromatic heterocycles. The predicted molar refractivity (Wildman–Crippen MR) is 104 cm³/mol. The third-order valence-electron chi connectivity index (χ3n) is 5.10. The average molecular weight is 315 g/mol. The summed E-state index contributed by atoms with van der Waals surface area (Å²) in [7, 11) is 0. The van der Waals surface area contributed by atoms with E-state index in [1.54, 1.807) is 0 Å². The van der Waals surface area contributed by atoms with Crippen molar-refractivity contribution in [2.24, 2.45) is 11.8 Å². The fourth-order valence-corrected chi connectivity index (χ4v) is 3.77. The van der Waals surface area contributed by atoms with Crippen LogP contribution in [0.4, 0.5) is 0 Å². The highest BCUT2D eigenvalue weighted by atomic mass is 15.1. The molecule has 0 atom stereocenters. The van der Waals surface area contributed by atoms with Crippen molar-refractivity contribution in [3.63, 3.8) is 0 Å². The molecule has 2 heteroatoms. The first-order valence-corrected chi connectivity index (χ1v) is 9.36.